The molecule has 5 heteroatoms. The van der Waals surface area contributed by atoms with Crippen LogP contribution in [0, 0.1) is 29.6 Å². The zero-order valence-corrected chi connectivity index (χ0v) is 8.39. The number of hydrogen-bond acceptors (Lipinski definition) is 2. The van der Waals surface area contributed by atoms with Crippen molar-refractivity contribution < 1.29 is 13.2 Å². The molecule has 1 aromatic carbocycles. The molecule has 0 spiro atoms. The fourth-order valence-corrected chi connectivity index (χ4v) is 1.52. The summed E-state index contributed by atoms with van der Waals surface area (Å²) in [5, 5.41) is 17.1. The number of nitrogens with zero attached hydrogens (tertiary/aromatic N) is 2. The lowest BCUT2D eigenvalue weighted by Crippen LogP contribution is -2.12. The van der Waals surface area contributed by atoms with Crippen LogP contribution in [0.5, 0.6) is 0 Å². The minimum absolute atomic E-state index is 0.0194. The molecular formula is C11H7F3N2. The normalized spacial score (nSPS) is 10.6. The molecule has 1 aromatic rings. The third-order valence-corrected chi connectivity index (χ3v) is 2.22. The Bertz CT molecular complexity index is 490. The third kappa shape index (κ3) is 2.14. The fourth-order valence-electron chi connectivity index (χ4n) is 1.52. The summed E-state index contributed by atoms with van der Waals surface area (Å²) in [5.74, 6) is 0. The number of rotatable bonds is 1. The first-order valence-electron chi connectivity index (χ1n) is 4.38. The molecule has 1 rings (SSSR count). The van der Waals surface area contributed by atoms with Crippen LogP contribution in [0.15, 0.2) is 12.1 Å². The van der Waals surface area contributed by atoms with E-state index in [-0.39, 0.29) is 23.1 Å². The summed E-state index contributed by atoms with van der Waals surface area (Å²) in [7, 11) is 0. The van der Waals surface area contributed by atoms with Crippen molar-refractivity contribution in [2.24, 2.45) is 0 Å². The van der Waals surface area contributed by atoms with Gasteiger partial charge in [-0.2, -0.15) is 23.7 Å². The summed E-state index contributed by atoms with van der Waals surface area (Å²) < 4.78 is 38.2. The first kappa shape index (κ1) is 12.1. The summed E-state index contributed by atoms with van der Waals surface area (Å²) in [4.78, 5) is 0. The van der Waals surface area contributed by atoms with E-state index in [1.807, 2.05) is 0 Å². The van der Waals surface area contributed by atoms with E-state index in [9.17, 15) is 13.2 Å². The second-order valence-corrected chi connectivity index (χ2v) is 3.22. The molecule has 0 fully saturated rings. The summed E-state index contributed by atoms with van der Waals surface area (Å²) in [6.07, 6.45) is -4.86. The number of nitriles is 2. The highest BCUT2D eigenvalue weighted by Crippen LogP contribution is 2.35. The lowest BCUT2D eigenvalue weighted by Gasteiger charge is -2.14. The topological polar surface area (TPSA) is 47.6 Å². The van der Waals surface area contributed by atoms with Gasteiger partial charge >= 0.3 is 6.18 Å². The van der Waals surface area contributed by atoms with Crippen LogP contribution < -0.4 is 0 Å². The summed E-state index contributed by atoms with van der Waals surface area (Å²) in [6, 6.07) is 5.85. The Labute approximate surface area is 90.5 Å². The van der Waals surface area contributed by atoms with Crippen molar-refractivity contribution in [2.45, 2.75) is 19.5 Å². The van der Waals surface area contributed by atoms with Gasteiger partial charge in [0, 0.05) is 0 Å². The van der Waals surface area contributed by atoms with Crippen molar-refractivity contribution in [1.82, 2.24) is 0 Å². The lowest BCUT2D eigenvalue weighted by atomic mass is 9.95. The molecule has 0 N–H and O–H groups in total. The smallest absolute Gasteiger partial charge is 0.198 e. The highest BCUT2D eigenvalue weighted by Gasteiger charge is 2.35. The van der Waals surface area contributed by atoms with E-state index in [2.05, 4.69) is 0 Å². The molecule has 0 saturated heterocycles. The monoisotopic (exact) mass is 224 g/mol. The van der Waals surface area contributed by atoms with E-state index < -0.39 is 11.7 Å². The maximum absolute atomic E-state index is 12.7. The molecule has 0 unspecified atom stereocenters. The predicted molar refractivity (Wildman–Crippen MR) is 50.2 cm³/mol. The molecule has 0 amide bonds. The van der Waals surface area contributed by atoms with Crippen molar-refractivity contribution >= 4 is 0 Å². The summed E-state index contributed by atoms with van der Waals surface area (Å²) in [6.45, 7) is 1.24. The largest absolute Gasteiger partial charge is 0.417 e. The zero-order valence-electron chi connectivity index (χ0n) is 8.39. The van der Waals surface area contributed by atoms with Crippen LogP contribution in [-0.2, 0) is 12.6 Å². The number of benzene rings is 1. The van der Waals surface area contributed by atoms with Crippen LogP contribution in [0.4, 0.5) is 13.2 Å². The molecule has 0 aliphatic heterocycles. The first-order chi connectivity index (χ1) is 7.41. The molecule has 82 valence electrons. The highest BCUT2D eigenvalue weighted by molar-refractivity contribution is 5.48. The van der Waals surface area contributed by atoms with Crippen LogP contribution in [0.25, 0.3) is 0 Å². The second-order valence-electron chi connectivity index (χ2n) is 3.22. The highest BCUT2D eigenvalue weighted by atomic mass is 19.4. The zero-order chi connectivity index (χ0) is 12.3. The Morgan fingerprint density at radius 1 is 1.25 bits per heavy atom. The Hall–Kier alpha value is -2.01. The standard InChI is InChI=1S/C11H7F3N2/c1-7-9(6-16)3-2-8(4-5-15)10(7)11(12,13)14/h2-3H,4H2,1H3. The van der Waals surface area contributed by atoms with Crippen molar-refractivity contribution in [3.8, 4) is 12.1 Å². The number of halogens is 3. The molecule has 0 aliphatic rings. The van der Waals surface area contributed by atoms with Gasteiger partial charge in [0.2, 0.25) is 0 Å². The molecule has 0 aromatic heterocycles. The summed E-state index contributed by atoms with van der Waals surface area (Å²) >= 11 is 0. The van der Waals surface area contributed by atoms with Crippen molar-refractivity contribution in [3.63, 3.8) is 0 Å². The Morgan fingerprint density at radius 3 is 2.31 bits per heavy atom. The van der Waals surface area contributed by atoms with Gasteiger partial charge in [-0.25, -0.2) is 0 Å². The Morgan fingerprint density at radius 2 is 1.88 bits per heavy atom. The van der Waals surface area contributed by atoms with E-state index in [1.54, 1.807) is 12.1 Å². The van der Waals surface area contributed by atoms with E-state index in [1.165, 1.54) is 19.1 Å². The molecule has 0 heterocycles. The van der Waals surface area contributed by atoms with Crippen LogP contribution in [0.3, 0.4) is 0 Å². The fraction of sp³-hybridized carbons (Fsp3) is 0.273. The van der Waals surface area contributed by atoms with Crippen LogP contribution in [0.2, 0.25) is 0 Å². The van der Waals surface area contributed by atoms with E-state index in [0.717, 1.165) is 0 Å². The molecule has 0 radical (unpaired) electrons. The van der Waals surface area contributed by atoms with Gasteiger partial charge < -0.3 is 0 Å². The van der Waals surface area contributed by atoms with E-state index in [0.29, 0.717) is 0 Å². The van der Waals surface area contributed by atoms with E-state index in [4.69, 9.17) is 10.5 Å². The molecule has 0 bridgehead atoms. The van der Waals surface area contributed by atoms with Crippen LogP contribution in [0.1, 0.15) is 22.3 Å². The average molecular weight is 224 g/mol. The van der Waals surface area contributed by atoms with Crippen LogP contribution in [-0.4, -0.2) is 0 Å². The maximum atomic E-state index is 12.7. The third-order valence-electron chi connectivity index (χ3n) is 2.22. The Kier molecular flexibility index (Phi) is 3.20. The molecule has 16 heavy (non-hydrogen) atoms. The number of alkyl halides is 3. The second kappa shape index (κ2) is 4.24. The molecule has 0 saturated carbocycles. The quantitative estimate of drug-likeness (QED) is 0.736. The summed E-state index contributed by atoms with van der Waals surface area (Å²) in [5.41, 5.74) is -1.10. The number of hydrogen-bond donors (Lipinski definition) is 0. The van der Waals surface area contributed by atoms with Crippen LogP contribution >= 0.6 is 0 Å². The van der Waals surface area contributed by atoms with Gasteiger partial charge in [0.05, 0.1) is 29.7 Å². The lowest BCUT2D eigenvalue weighted by molar-refractivity contribution is -0.138. The van der Waals surface area contributed by atoms with Gasteiger partial charge in [0.1, 0.15) is 0 Å². The first-order valence-corrected chi connectivity index (χ1v) is 4.38. The molecule has 2 nitrogen and oxygen atoms in total. The minimum Gasteiger partial charge on any atom is -0.198 e. The van der Waals surface area contributed by atoms with Gasteiger partial charge in [-0.15, -0.1) is 0 Å². The maximum Gasteiger partial charge on any atom is 0.417 e. The SMILES string of the molecule is Cc1c(C#N)ccc(CC#N)c1C(F)(F)F. The molecular weight excluding hydrogens is 217 g/mol. The minimum atomic E-state index is -4.54. The predicted octanol–water partition coefficient (Wildman–Crippen LogP) is 2.95. The average Bonchev–Trinajstić information content (AvgIpc) is 2.16. The molecule has 0 atom stereocenters. The van der Waals surface area contributed by atoms with Gasteiger partial charge in [-0.05, 0) is 24.1 Å². The van der Waals surface area contributed by atoms with Crippen molar-refractivity contribution in [1.29, 1.82) is 10.5 Å². The Balaban J connectivity index is 3.52. The van der Waals surface area contributed by atoms with Gasteiger partial charge in [-0.3, -0.25) is 0 Å². The molecule has 0 aliphatic carbocycles. The van der Waals surface area contributed by atoms with Gasteiger partial charge in [0.15, 0.2) is 0 Å². The van der Waals surface area contributed by atoms with Crippen molar-refractivity contribution in [3.05, 3.63) is 34.4 Å². The van der Waals surface area contributed by atoms with Gasteiger partial charge in [0.25, 0.3) is 0 Å². The van der Waals surface area contributed by atoms with E-state index >= 15 is 0 Å². The van der Waals surface area contributed by atoms with Crippen molar-refractivity contribution in [2.75, 3.05) is 0 Å². The van der Waals surface area contributed by atoms with Gasteiger partial charge in [-0.1, -0.05) is 6.07 Å².